The number of hydrogen-bond donors (Lipinski definition) is 1. The number of carbonyl (C=O) groups excluding carboxylic acids is 1. The Hall–Kier alpha value is -3.21. The second-order valence-electron chi connectivity index (χ2n) is 7.20. The molecule has 9 nitrogen and oxygen atoms in total. The maximum absolute atomic E-state index is 13.2. The first-order valence-electron chi connectivity index (χ1n) is 10.1. The quantitative estimate of drug-likeness (QED) is 0.585. The molecule has 168 valence electrons. The van der Waals surface area contributed by atoms with E-state index in [0.29, 0.717) is 25.6 Å². The molecule has 1 N–H and O–H groups in total. The molecule has 2 aromatic carbocycles. The number of methoxy groups -OCH3 is 1. The number of nitrogens with zero attached hydrogens (tertiary/aromatic N) is 3. The maximum atomic E-state index is 13.2. The predicted molar refractivity (Wildman–Crippen MR) is 118 cm³/mol. The number of benzene rings is 2. The maximum Gasteiger partial charge on any atom is 0.256 e. The van der Waals surface area contributed by atoms with Crippen LogP contribution in [0.1, 0.15) is 15.9 Å². The van der Waals surface area contributed by atoms with Gasteiger partial charge in [0.2, 0.25) is 10.0 Å². The van der Waals surface area contributed by atoms with Gasteiger partial charge < -0.3 is 14.8 Å². The van der Waals surface area contributed by atoms with Crippen LogP contribution in [0, 0.1) is 0 Å². The van der Waals surface area contributed by atoms with Crippen LogP contribution in [0.25, 0.3) is 0 Å². The average molecular weight is 457 g/mol. The summed E-state index contributed by atoms with van der Waals surface area (Å²) in [7, 11) is -2.44. The molecule has 1 fully saturated rings. The fraction of sp³-hybridized carbons (Fsp3) is 0.273. The summed E-state index contributed by atoms with van der Waals surface area (Å²) < 4.78 is 39.8. The lowest BCUT2D eigenvalue weighted by Crippen LogP contribution is -2.40. The van der Waals surface area contributed by atoms with E-state index in [1.165, 1.54) is 29.6 Å². The minimum Gasteiger partial charge on any atom is -0.495 e. The molecule has 0 spiro atoms. The van der Waals surface area contributed by atoms with Crippen LogP contribution < -0.4 is 10.1 Å². The van der Waals surface area contributed by atoms with Gasteiger partial charge in [0, 0.05) is 24.7 Å². The number of ether oxygens (including phenoxy) is 2. The first-order valence-corrected chi connectivity index (χ1v) is 11.6. The van der Waals surface area contributed by atoms with E-state index in [1.54, 1.807) is 16.9 Å². The van der Waals surface area contributed by atoms with Gasteiger partial charge in [-0.15, -0.1) is 0 Å². The molecule has 0 unspecified atom stereocenters. The molecule has 1 amide bonds. The molecular formula is C22H24N4O5S. The number of carbonyl (C=O) groups is 1. The van der Waals surface area contributed by atoms with Gasteiger partial charge in [-0.25, -0.2) is 13.1 Å². The molecule has 1 aromatic heterocycles. The van der Waals surface area contributed by atoms with Gasteiger partial charge in [0.1, 0.15) is 16.5 Å². The minimum absolute atomic E-state index is 0.0488. The number of sulfonamides is 1. The van der Waals surface area contributed by atoms with Crippen LogP contribution in [0.15, 0.2) is 65.7 Å². The molecule has 3 aromatic rings. The van der Waals surface area contributed by atoms with Crippen LogP contribution in [-0.4, -0.2) is 61.8 Å². The molecule has 0 radical (unpaired) electrons. The van der Waals surface area contributed by atoms with Gasteiger partial charge in [-0.3, -0.25) is 4.79 Å². The number of morpholine rings is 1. The third-order valence-electron chi connectivity index (χ3n) is 5.15. The Morgan fingerprint density at radius 2 is 1.88 bits per heavy atom. The van der Waals surface area contributed by atoms with Crippen LogP contribution in [0.4, 0.5) is 5.82 Å². The summed E-state index contributed by atoms with van der Waals surface area (Å²) in [5, 5.41) is 7.09. The molecule has 1 aliphatic rings. The summed E-state index contributed by atoms with van der Waals surface area (Å²) in [6, 6.07) is 15.8. The molecular weight excluding hydrogens is 432 g/mol. The van der Waals surface area contributed by atoms with Crippen molar-refractivity contribution >= 4 is 21.7 Å². The summed E-state index contributed by atoms with van der Waals surface area (Å²) in [5.74, 6) is 0.246. The van der Waals surface area contributed by atoms with Gasteiger partial charge in [0.25, 0.3) is 5.91 Å². The SMILES string of the molecule is COc1ccc(C(=O)Nc2ccnn2Cc2ccccc2)cc1S(=O)(=O)N1CCOCC1. The largest absolute Gasteiger partial charge is 0.495 e. The van der Waals surface area contributed by atoms with Gasteiger partial charge in [0.15, 0.2) is 0 Å². The Balaban J connectivity index is 1.58. The van der Waals surface area contributed by atoms with Crippen LogP contribution in [-0.2, 0) is 21.3 Å². The van der Waals surface area contributed by atoms with Gasteiger partial charge in [-0.2, -0.15) is 9.40 Å². The lowest BCUT2D eigenvalue weighted by Gasteiger charge is -2.26. The molecule has 4 rings (SSSR count). The van der Waals surface area contributed by atoms with Crippen molar-refractivity contribution in [3.05, 3.63) is 71.9 Å². The Bertz CT molecular complexity index is 1190. The molecule has 32 heavy (non-hydrogen) atoms. The van der Waals surface area contributed by atoms with Crippen molar-refractivity contribution in [3.63, 3.8) is 0 Å². The molecule has 0 aliphatic carbocycles. The van der Waals surface area contributed by atoms with Crippen LogP contribution >= 0.6 is 0 Å². The number of hydrogen-bond acceptors (Lipinski definition) is 6. The summed E-state index contributed by atoms with van der Waals surface area (Å²) in [5.41, 5.74) is 1.24. The molecule has 1 aliphatic heterocycles. The highest BCUT2D eigenvalue weighted by Gasteiger charge is 2.30. The Kier molecular flexibility index (Phi) is 6.54. The third-order valence-corrected chi connectivity index (χ3v) is 7.07. The van der Waals surface area contributed by atoms with E-state index >= 15 is 0 Å². The Labute approximate surface area is 186 Å². The minimum atomic E-state index is -3.84. The van der Waals surface area contributed by atoms with Crippen molar-refractivity contribution in [2.24, 2.45) is 0 Å². The van der Waals surface area contributed by atoms with E-state index in [0.717, 1.165) is 5.56 Å². The number of amides is 1. The van der Waals surface area contributed by atoms with E-state index in [9.17, 15) is 13.2 Å². The highest BCUT2D eigenvalue weighted by molar-refractivity contribution is 7.89. The van der Waals surface area contributed by atoms with Crippen molar-refractivity contribution in [1.29, 1.82) is 0 Å². The lowest BCUT2D eigenvalue weighted by atomic mass is 10.2. The van der Waals surface area contributed by atoms with E-state index < -0.39 is 15.9 Å². The van der Waals surface area contributed by atoms with Crippen molar-refractivity contribution < 1.29 is 22.7 Å². The van der Waals surface area contributed by atoms with E-state index in [2.05, 4.69) is 10.4 Å². The zero-order valence-corrected chi connectivity index (χ0v) is 18.4. The zero-order chi connectivity index (χ0) is 22.6. The highest BCUT2D eigenvalue weighted by atomic mass is 32.2. The number of rotatable bonds is 7. The van der Waals surface area contributed by atoms with Crippen molar-refractivity contribution in [3.8, 4) is 5.75 Å². The summed E-state index contributed by atoms with van der Waals surface area (Å²) in [4.78, 5) is 12.9. The van der Waals surface area contributed by atoms with Crippen molar-refractivity contribution in [2.45, 2.75) is 11.4 Å². The first-order chi connectivity index (χ1) is 15.5. The smallest absolute Gasteiger partial charge is 0.256 e. The van der Waals surface area contributed by atoms with Crippen LogP contribution in [0.5, 0.6) is 5.75 Å². The third kappa shape index (κ3) is 4.67. The lowest BCUT2D eigenvalue weighted by molar-refractivity contribution is 0.0729. The molecule has 0 saturated carbocycles. The van der Waals surface area contributed by atoms with Crippen LogP contribution in [0.3, 0.4) is 0 Å². The van der Waals surface area contributed by atoms with Crippen molar-refractivity contribution in [2.75, 3.05) is 38.7 Å². The average Bonchev–Trinajstić information content (AvgIpc) is 3.26. The highest BCUT2D eigenvalue weighted by Crippen LogP contribution is 2.29. The number of anilines is 1. The van der Waals surface area contributed by atoms with E-state index in [4.69, 9.17) is 9.47 Å². The summed E-state index contributed by atoms with van der Waals surface area (Å²) >= 11 is 0. The van der Waals surface area contributed by atoms with E-state index in [-0.39, 0.29) is 29.3 Å². The van der Waals surface area contributed by atoms with Gasteiger partial charge in [-0.1, -0.05) is 30.3 Å². The monoisotopic (exact) mass is 456 g/mol. The number of aromatic nitrogens is 2. The molecule has 0 atom stereocenters. The zero-order valence-electron chi connectivity index (χ0n) is 17.6. The molecule has 10 heteroatoms. The van der Waals surface area contributed by atoms with E-state index in [1.807, 2.05) is 30.3 Å². The van der Waals surface area contributed by atoms with Gasteiger partial charge in [-0.05, 0) is 23.8 Å². The molecule has 0 bridgehead atoms. The van der Waals surface area contributed by atoms with Gasteiger partial charge >= 0.3 is 0 Å². The van der Waals surface area contributed by atoms with Gasteiger partial charge in [0.05, 0.1) is 33.1 Å². The fourth-order valence-electron chi connectivity index (χ4n) is 3.46. The fourth-order valence-corrected chi connectivity index (χ4v) is 5.04. The summed E-state index contributed by atoms with van der Waals surface area (Å²) in [6.45, 7) is 1.64. The normalized spacial score (nSPS) is 14.8. The Morgan fingerprint density at radius 3 is 2.59 bits per heavy atom. The van der Waals surface area contributed by atoms with Crippen LogP contribution in [0.2, 0.25) is 0 Å². The molecule has 2 heterocycles. The molecule has 1 saturated heterocycles. The predicted octanol–water partition coefficient (Wildman–Crippen LogP) is 2.21. The first kappa shape index (κ1) is 22.0. The Morgan fingerprint density at radius 1 is 1.12 bits per heavy atom. The summed E-state index contributed by atoms with van der Waals surface area (Å²) in [6.07, 6.45) is 1.60. The van der Waals surface area contributed by atoms with Crippen molar-refractivity contribution in [1.82, 2.24) is 14.1 Å². The topological polar surface area (TPSA) is 103 Å². The standard InChI is InChI=1S/C22H24N4O5S/c1-30-19-8-7-18(15-20(19)32(28,29)25-11-13-31-14-12-25)22(27)24-21-9-10-23-26(21)16-17-5-3-2-4-6-17/h2-10,15H,11-14,16H2,1H3,(H,24,27). The second-order valence-corrected chi connectivity index (χ2v) is 9.10. The second kappa shape index (κ2) is 9.51. The number of nitrogens with one attached hydrogen (secondary N) is 1.